The number of carbonyl (C=O) groups is 1. The lowest BCUT2D eigenvalue weighted by molar-refractivity contribution is -0.384. The predicted molar refractivity (Wildman–Crippen MR) is 77.2 cm³/mol. The number of nitro benzene ring substituents is 1. The fraction of sp³-hybridized carbons (Fsp3) is 0.462. The van der Waals surface area contributed by atoms with Crippen LogP contribution in [0.15, 0.2) is 18.2 Å². The van der Waals surface area contributed by atoms with Gasteiger partial charge in [0, 0.05) is 17.6 Å². The highest BCUT2D eigenvalue weighted by molar-refractivity contribution is 6.31. The number of carboxylic acid groups (broad SMARTS) is 1. The quantitative estimate of drug-likeness (QED) is 0.594. The summed E-state index contributed by atoms with van der Waals surface area (Å²) in [4.78, 5) is 21.5. The molecule has 1 aromatic rings. The first-order valence-electron chi connectivity index (χ1n) is 6.22. The van der Waals surface area contributed by atoms with Gasteiger partial charge in [0.1, 0.15) is 5.69 Å². The first-order valence-corrected chi connectivity index (χ1v) is 6.59. The molecule has 110 valence electrons. The number of hydrogen-bond acceptors (Lipinski definition) is 4. The lowest BCUT2D eigenvalue weighted by Crippen LogP contribution is -2.24. The summed E-state index contributed by atoms with van der Waals surface area (Å²) in [6, 6.07) is 4.14. The SMILES string of the molecule is CC(C)CC(CNc1cc(Cl)ccc1[N+](=O)[O-])C(=O)O. The Labute approximate surface area is 121 Å². The molecule has 0 aliphatic rings. The van der Waals surface area contributed by atoms with Gasteiger partial charge in [-0.2, -0.15) is 0 Å². The molecule has 0 saturated carbocycles. The summed E-state index contributed by atoms with van der Waals surface area (Å²) >= 11 is 5.80. The maximum atomic E-state index is 11.1. The average molecular weight is 301 g/mol. The van der Waals surface area contributed by atoms with Crippen LogP contribution in [0.2, 0.25) is 5.02 Å². The standard InChI is InChI=1S/C13H17ClN2O4/c1-8(2)5-9(13(17)18)7-15-11-6-10(14)3-4-12(11)16(19)20/h3-4,6,8-9,15H,5,7H2,1-2H3,(H,17,18). The summed E-state index contributed by atoms with van der Waals surface area (Å²) in [5.41, 5.74) is 0.112. The van der Waals surface area contributed by atoms with Crippen LogP contribution in [-0.2, 0) is 4.79 Å². The number of rotatable bonds is 7. The highest BCUT2D eigenvalue weighted by Gasteiger charge is 2.21. The Morgan fingerprint density at radius 2 is 2.15 bits per heavy atom. The fourth-order valence-corrected chi connectivity index (χ4v) is 2.05. The molecule has 7 heteroatoms. The second-order valence-electron chi connectivity index (χ2n) is 4.96. The van der Waals surface area contributed by atoms with Gasteiger partial charge in [-0.1, -0.05) is 25.4 Å². The summed E-state index contributed by atoms with van der Waals surface area (Å²) in [5.74, 6) is -1.29. The number of nitrogens with zero attached hydrogens (tertiary/aromatic N) is 1. The third-order valence-electron chi connectivity index (χ3n) is 2.80. The molecule has 0 saturated heterocycles. The number of carboxylic acids is 1. The average Bonchev–Trinajstić information content (AvgIpc) is 2.33. The van der Waals surface area contributed by atoms with Crippen LogP contribution < -0.4 is 5.32 Å². The van der Waals surface area contributed by atoms with E-state index in [2.05, 4.69) is 5.32 Å². The third-order valence-corrected chi connectivity index (χ3v) is 3.03. The summed E-state index contributed by atoms with van der Waals surface area (Å²) in [7, 11) is 0. The molecule has 0 amide bonds. The number of nitrogens with one attached hydrogen (secondary N) is 1. The van der Waals surface area contributed by atoms with E-state index in [1.807, 2.05) is 13.8 Å². The van der Waals surface area contributed by atoms with Gasteiger partial charge in [0.05, 0.1) is 10.8 Å². The van der Waals surface area contributed by atoms with Gasteiger partial charge in [0.2, 0.25) is 0 Å². The van der Waals surface area contributed by atoms with Gasteiger partial charge in [-0.25, -0.2) is 0 Å². The molecule has 0 aliphatic carbocycles. The van der Waals surface area contributed by atoms with E-state index < -0.39 is 16.8 Å². The maximum absolute atomic E-state index is 11.1. The van der Waals surface area contributed by atoms with Crippen LogP contribution in [0.3, 0.4) is 0 Å². The highest BCUT2D eigenvalue weighted by Crippen LogP contribution is 2.28. The van der Waals surface area contributed by atoms with Gasteiger partial charge in [0.25, 0.3) is 5.69 Å². The molecule has 0 spiro atoms. The molecular formula is C13H17ClN2O4. The van der Waals surface area contributed by atoms with Gasteiger partial charge >= 0.3 is 5.97 Å². The second-order valence-corrected chi connectivity index (χ2v) is 5.40. The molecular weight excluding hydrogens is 284 g/mol. The highest BCUT2D eigenvalue weighted by atomic mass is 35.5. The van der Waals surface area contributed by atoms with Crippen LogP contribution in [0.4, 0.5) is 11.4 Å². The van der Waals surface area contributed by atoms with Crippen molar-refractivity contribution < 1.29 is 14.8 Å². The van der Waals surface area contributed by atoms with Crippen LogP contribution >= 0.6 is 11.6 Å². The van der Waals surface area contributed by atoms with Gasteiger partial charge in [0.15, 0.2) is 0 Å². The van der Waals surface area contributed by atoms with E-state index in [-0.39, 0.29) is 23.8 Å². The lowest BCUT2D eigenvalue weighted by Gasteiger charge is -2.16. The molecule has 1 unspecified atom stereocenters. The van der Waals surface area contributed by atoms with Crippen LogP contribution in [0, 0.1) is 22.0 Å². The van der Waals surface area contributed by atoms with Crippen molar-refractivity contribution in [2.45, 2.75) is 20.3 Å². The fourth-order valence-electron chi connectivity index (χ4n) is 1.88. The van der Waals surface area contributed by atoms with Crippen LogP contribution in [0.25, 0.3) is 0 Å². The summed E-state index contributed by atoms with van der Waals surface area (Å²) in [6.07, 6.45) is 0.497. The molecule has 0 heterocycles. The predicted octanol–water partition coefficient (Wildman–Crippen LogP) is 3.41. The number of aliphatic carboxylic acids is 1. The normalized spacial score (nSPS) is 12.2. The van der Waals surface area contributed by atoms with E-state index in [4.69, 9.17) is 16.7 Å². The Morgan fingerprint density at radius 1 is 1.50 bits per heavy atom. The van der Waals surface area contributed by atoms with Gasteiger partial charge in [-0.15, -0.1) is 0 Å². The largest absolute Gasteiger partial charge is 0.481 e. The van der Waals surface area contributed by atoms with Crippen molar-refractivity contribution in [1.82, 2.24) is 0 Å². The Hall–Kier alpha value is -1.82. The first-order chi connectivity index (χ1) is 9.31. The van der Waals surface area contributed by atoms with Crippen molar-refractivity contribution >= 4 is 28.9 Å². The number of benzene rings is 1. The van der Waals surface area contributed by atoms with Gasteiger partial charge in [-0.05, 0) is 24.5 Å². The molecule has 0 aliphatic heterocycles. The molecule has 1 aromatic carbocycles. The number of nitro groups is 1. The molecule has 20 heavy (non-hydrogen) atoms. The van der Waals surface area contributed by atoms with E-state index in [0.717, 1.165) is 0 Å². The van der Waals surface area contributed by atoms with E-state index in [1.54, 1.807) is 0 Å². The monoisotopic (exact) mass is 300 g/mol. The van der Waals surface area contributed by atoms with Crippen molar-refractivity contribution in [2.75, 3.05) is 11.9 Å². The van der Waals surface area contributed by atoms with Crippen LogP contribution in [0.5, 0.6) is 0 Å². The molecule has 0 fully saturated rings. The van der Waals surface area contributed by atoms with Crippen molar-refractivity contribution in [3.63, 3.8) is 0 Å². The Balaban J connectivity index is 2.84. The van der Waals surface area contributed by atoms with E-state index in [9.17, 15) is 14.9 Å². The number of anilines is 1. The van der Waals surface area contributed by atoms with Gasteiger partial charge < -0.3 is 10.4 Å². The Bertz CT molecular complexity index is 505. The second kappa shape index (κ2) is 7.09. The molecule has 0 radical (unpaired) electrons. The van der Waals surface area contributed by atoms with Crippen LogP contribution in [0.1, 0.15) is 20.3 Å². The summed E-state index contributed by atoms with van der Waals surface area (Å²) in [6.45, 7) is 3.98. The van der Waals surface area contributed by atoms with Gasteiger partial charge in [-0.3, -0.25) is 14.9 Å². The Morgan fingerprint density at radius 3 is 2.65 bits per heavy atom. The topological polar surface area (TPSA) is 92.5 Å². The van der Waals surface area contributed by atoms with Crippen molar-refractivity contribution in [3.8, 4) is 0 Å². The third kappa shape index (κ3) is 4.70. The maximum Gasteiger partial charge on any atom is 0.308 e. The number of halogens is 1. The molecule has 6 nitrogen and oxygen atoms in total. The van der Waals surface area contributed by atoms with E-state index >= 15 is 0 Å². The van der Waals surface area contributed by atoms with Crippen LogP contribution in [-0.4, -0.2) is 22.5 Å². The molecule has 1 atom stereocenters. The van der Waals surface area contributed by atoms with E-state index in [1.165, 1.54) is 18.2 Å². The molecule has 0 aromatic heterocycles. The first kappa shape index (κ1) is 16.2. The zero-order valence-electron chi connectivity index (χ0n) is 11.3. The van der Waals surface area contributed by atoms with E-state index in [0.29, 0.717) is 11.4 Å². The van der Waals surface area contributed by atoms with Crippen molar-refractivity contribution in [1.29, 1.82) is 0 Å². The zero-order valence-corrected chi connectivity index (χ0v) is 12.1. The number of hydrogen-bond donors (Lipinski definition) is 2. The van der Waals surface area contributed by atoms with Crippen molar-refractivity contribution in [2.24, 2.45) is 11.8 Å². The van der Waals surface area contributed by atoms with Crippen molar-refractivity contribution in [3.05, 3.63) is 33.3 Å². The molecule has 2 N–H and O–H groups in total. The minimum Gasteiger partial charge on any atom is -0.481 e. The minimum atomic E-state index is -0.920. The smallest absolute Gasteiger partial charge is 0.308 e. The lowest BCUT2D eigenvalue weighted by atomic mass is 9.97. The minimum absolute atomic E-state index is 0.120. The molecule has 1 rings (SSSR count). The Kier molecular flexibility index (Phi) is 5.76. The summed E-state index contributed by atoms with van der Waals surface area (Å²) in [5, 5.41) is 23.2. The molecule has 0 bridgehead atoms. The zero-order chi connectivity index (χ0) is 15.3. The summed E-state index contributed by atoms with van der Waals surface area (Å²) < 4.78 is 0.